The van der Waals surface area contributed by atoms with Crippen molar-refractivity contribution >= 4 is 39.1 Å². The van der Waals surface area contributed by atoms with Crippen LogP contribution in [-0.4, -0.2) is 16.1 Å². The Morgan fingerprint density at radius 3 is 2.86 bits per heavy atom. The van der Waals surface area contributed by atoms with Crippen LogP contribution in [0.2, 0.25) is 0 Å². The van der Waals surface area contributed by atoms with E-state index in [1.807, 2.05) is 0 Å². The van der Waals surface area contributed by atoms with Gasteiger partial charge in [0.1, 0.15) is 10.7 Å². The van der Waals surface area contributed by atoms with Crippen molar-refractivity contribution in [3.63, 3.8) is 0 Å². The predicted molar refractivity (Wildman–Crippen MR) is 92.2 cm³/mol. The van der Waals surface area contributed by atoms with E-state index in [2.05, 4.69) is 64.3 Å². The molecule has 3 rings (SSSR count). The van der Waals surface area contributed by atoms with Gasteiger partial charge in [0.15, 0.2) is 0 Å². The minimum atomic E-state index is 0.848. The highest BCUT2D eigenvalue weighted by molar-refractivity contribution is 7.98. The van der Waals surface area contributed by atoms with Crippen LogP contribution < -0.4 is 5.32 Å². The first-order valence-corrected chi connectivity index (χ1v) is 8.79. The van der Waals surface area contributed by atoms with Crippen LogP contribution >= 0.6 is 23.3 Å². The van der Waals surface area contributed by atoms with Crippen molar-refractivity contribution in [2.24, 2.45) is 0 Å². The first-order chi connectivity index (χ1) is 10.4. The molecular weight excluding hydrogens is 298 g/mol. The number of hydrogen-bond acceptors (Lipinski definition) is 5. The Hall–Kier alpha value is -1.59. The molecular formula is C16H17N3S2. The Labute approximate surface area is 132 Å². The zero-order valence-electron chi connectivity index (χ0n) is 11.9. The van der Waals surface area contributed by atoms with Crippen molar-refractivity contribution < 1.29 is 0 Å². The molecule has 0 radical (unpaired) electrons. The quantitative estimate of drug-likeness (QED) is 0.663. The number of aromatic nitrogens is 2. The molecule has 0 saturated heterocycles. The van der Waals surface area contributed by atoms with E-state index in [1.165, 1.54) is 27.2 Å². The highest BCUT2D eigenvalue weighted by atomic mass is 32.2. The van der Waals surface area contributed by atoms with Crippen molar-refractivity contribution in [2.75, 3.05) is 11.9 Å². The second-order valence-corrected chi connectivity index (χ2v) is 6.58. The molecule has 0 spiro atoms. The molecule has 0 atom stereocenters. The van der Waals surface area contributed by atoms with E-state index in [0.29, 0.717) is 0 Å². The zero-order chi connectivity index (χ0) is 14.5. The van der Waals surface area contributed by atoms with Gasteiger partial charge >= 0.3 is 0 Å². The summed E-state index contributed by atoms with van der Waals surface area (Å²) in [5, 5.41) is 11.3. The molecule has 0 bridgehead atoms. The van der Waals surface area contributed by atoms with Crippen LogP contribution in [0, 0.1) is 0 Å². The summed E-state index contributed by atoms with van der Waals surface area (Å²) in [5.41, 5.74) is 1.05. The fraction of sp³-hybridized carbons (Fsp3) is 0.250. The Balaban J connectivity index is 1.70. The molecule has 1 aromatic heterocycles. The van der Waals surface area contributed by atoms with Gasteiger partial charge < -0.3 is 5.32 Å². The van der Waals surface area contributed by atoms with Gasteiger partial charge in [0.25, 0.3) is 0 Å². The molecule has 0 aliphatic carbocycles. The van der Waals surface area contributed by atoms with E-state index in [0.717, 1.165) is 29.4 Å². The lowest BCUT2D eigenvalue weighted by Crippen LogP contribution is -2.00. The number of benzene rings is 2. The fourth-order valence-corrected chi connectivity index (χ4v) is 3.66. The third kappa shape index (κ3) is 3.54. The third-order valence-corrected chi connectivity index (χ3v) is 4.92. The smallest absolute Gasteiger partial charge is 0.134 e. The summed E-state index contributed by atoms with van der Waals surface area (Å²) in [4.78, 5) is 1.27. The molecule has 0 unspecified atom stereocenters. The molecule has 0 saturated carbocycles. The molecule has 1 N–H and O–H groups in total. The predicted octanol–water partition coefficient (Wildman–Crippen LogP) is 4.81. The molecule has 2 aromatic carbocycles. The minimum absolute atomic E-state index is 0.848. The van der Waals surface area contributed by atoms with Gasteiger partial charge in [-0.3, -0.25) is 0 Å². The topological polar surface area (TPSA) is 37.8 Å². The molecule has 3 aromatic rings. The standard InChI is InChI=1S/C16H17N3S2/c1-2-9-17-16-15(18-19-21-16)11-20-14-8-7-12-5-3-4-6-13(12)10-14/h3-8,10,17H,2,9,11H2,1H3. The summed E-state index contributed by atoms with van der Waals surface area (Å²) in [6.07, 6.45) is 1.11. The normalized spacial score (nSPS) is 10.9. The van der Waals surface area contributed by atoms with E-state index in [4.69, 9.17) is 0 Å². The van der Waals surface area contributed by atoms with Gasteiger partial charge in [-0.2, -0.15) is 0 Å². The molecule has 0 aliphatic heterocycles. The van der Waals surface area contributed by atoms with Crippen molar-refractivity contribution in [3.05, 3.63) is 48.2 Å². The van der Waals surface area contributed by atoms with E-state index in [-0.39, 0.29) is 0 Å². The summed E-state index contributed by atoms with van der Waals surface area (Å²) < 4.78 is 4.05. The Morgan fingerprint density at radius 2 is 2.00 bits per heavy atom. The van der Waals surface area contributed by atoms with Gasteiger partial charge in [0, 0.05) is 28.7 Å². The molecule has 0 aliphatic rings. The van der Waals surface area contributed by atoms with Crippen molar-refractivity contribution in [3.8, 4) is 0 Å². The molecule has 0 fully saturated rings. The number of anilines is 1. The number of nitrogens with one attached hydrogen (secondary N) is 1. The first-order valence-electron chi connectivity index (χ1n) is 7.03. The van der Waals surface area contributed by atoms with Crippen LogP contribution in [0.15, 0.2) is 47.4 Å². The summed E-state index contributed by atoms with van der Waals surface area (Å²) in [7, 11) is 0. The maximum Gasteiger partial charge on any atom is 0.134 e. The largest absolute Gasteiger partial charge is 0.374 e. The fourth-order valence-electron chi connectivity index (χ4n) is 2.08. The maximum absolute atomic E-state index is 4.23. The lowest BCUT2D eigenvalue weighted by molar-refractivity contribution is 0.976. The zero-order valence-corrected chi connectivity index (χ0v) is 13.5. The van der Waals surface area contributed by atoms with E-state index < -0.39 is 0 Å². The second kappa shape index (κ2) is 6.91. The average Bonchev–Trinajstić information content (AvgIpc) is 2.98. The molecule has 108 valence electrons. The summed E-state index contributed by atoms with van der Waals surface area (Å²) >= 11 is 3.25. The Bertz CT molecular complexity index is 724. The second-order valence-electron chi connectivity index (χ2n) is 4.77. The number of fused-ring (bicyclic) bond motifs is 1. The molecule has 0 amide bonds. The van der Waals surface area contributed by atoms with Gasteiger partial charge in [-0.25, -0.2) is 0 Å². The number of rotatable bonds is 6. The van der Waals surface area contributed by atoms with Crippen LogP contribution in [-0.2, 0) is 5.75 Å². The minimum Gasteiger partial charge on any atom is -0.374 e. The van der Waals surface area contributed by atoms with E-state index >= 15 is 0 Å². The number of nitrogens with zero attached hydrogens (tertiary/aromatic N) is 2. The summed E-state index contributed by atoms with van der Waals surface area (Å²) in [6.45, 7) is 3.13. The van der Waals surface area contributed by atoms with Crippen molar-refractivity contribution in [2.45, 2.75) is 24.0 Å². The highest BCUT2D eigenvalue weighted by Crippen LogP contribution is 2.29. The van der Waals surface area contributed by atoms with Crippen LogP contribution in [0.4, 0.5) is 5.00 Å². The van der Waals surface area contributed by atoms with Crippen LogP contribution in [0.5, 0.6) is 0 Å². The van der Waals surface area contributed by atoms with Crippen LogP contribution in [0.25, 0.3) is 10.8 Å². The highest BCUT2D eigenvalue weighted by Gasteiger charge is 2.08. The van der Waals surface area contributed by atoms with Gasteiger partial charge in [0.2, 0.25) is 0 Å². The first kappa shape index (κ1) is 14.4. The molecule has 3 nitrogen and oxygen atoms in total. The van der Waals surface area contributed by atoms with E-state index in [9.17, 15) is 0 Å². The Morgan fingerprint density at radius 1 is 1.14 bits per heavy atom. The van der Waals surface area contributed by atoms with Crippen molar-refractivity contribution in [1.29, 1.82) is 0 Å². The number of thioether (sulfide) groups is 1. The van der Waals surface area contributed by atoms with Gasteiger partial charge in [-0.05, 0) is 29.3 Å². The Kier molecular flexibility index (Phi) is 4.72. The van der Waals surface area contributed by atoms with Gasteiger partial charge in [0.05, 0.1) is 0 Å². The molecule has 1 heterocycles. The molecule has 5 heteroatoms. The molecule has 21 heavy (non-hydrogen) atoms. The number of hydrogen-bond donors (Lipinski definition) is 1. The monoisotopic (exact) mass is 315 g/mol. The lowest BCUT2D eigenvalue weighted by Gasteiger charge is -2.05. The average molecular weight is 315 g/mol. The lowest BCUT2D eigenvalue weighted by atomic mass is 10.1. The van der Waals surface area contributed by atoms with Crippen molar-refractivity contribution in [1.82, 2.24) is 9.59 Å². The summed E-state index contributed by atoms with van der Waals surface area (Å²) in [5.74, 6) is 0.848. The maximum atomic E-state index is 4.23. The summed E-state index contributed by atoms with van der Waals surface area (Å²) in [6, 6.07) is 15.0. The van der Waals surface area contributed by atoms with E-state index in [1.54, 1.807) is 11.8 Å². The van der Waals surface area contributed by atoms with Gasteiger partial charge in [-0.1, -0.05) is 41.7 Å². The van der Waals surface area contributed by atoms with Crippen LogP contribution in [0.1, 0.15) is 19.0 Å². The third-order valence-electron chi connectivity index (χ3n) is 3.19. The van der Waals surface area contributed by atoms with Gasteiger partial charge in [-0.15, -0.1) is 16.9 Å². The van der Waals surface area contributed by atoms with Crippen LogP contribution in [0.3, 0.4) is 0 Å². The SMILES string of the molecule is CCCNc1snnc1CSc1ccc2ccccc2c1.